The van der Waals surface area contributed by atoms with Gasteiger partial charge in [-0.25, -0.2) is 0 Å². The van der Waals surface area contributed by atoms with Crippen LogP contribution in [-0.4, -0.2) is 23.1 Å². The third-order valence-electron chi connectivity index (χ3n) is 14.5. The first-order valence-electron chi connectivity index (χ1n) is 21.4. The molecule has 0 saturated carbocycles. The molecule has 0 bridgehead atoms. The summed E-state index contributed by atoms with van der Waals surface area (Å²) >= 11 is 1.74. The molecule has 0 aliphatic heterocycles. The summed E-state index contributed by atoms with van der Waals surface area (Å²) in [7, 11) is 0. The average Bonchev–Trinajstić information content (AvgIpc) is 3.96. The van der Waals surface area contributed by atoms with Crippen molar-refractivity contribution in [1.82, 2.24) is 0 Å². The Morgan fingerprint density at radius 3 is 1.03 bits per heavy atom. The number of ketones is 4. The summed E-state index contributed by atoms with van der Waals surface area (Å²) in [4.78, 5) is 55.8. The number of rotatable bonds is 2. The van der Waals surface area contributed by atoms with Crippen LogP contribution in [0.25, 0.3) is 75.4 Å². The van der Waals surface area contributed by atoms with Gasteiger partial charge in [-0.3, -0.25) is 19.2 Å². The second kappa shape index (κ2) is 12.2. The lowest BCUT2D eigenvalue weighted by molar-refractivity contribution is 0.0973. The highest BCUT2D eigenvalue weighted by atomic mass is 32.1. The van der Waals surface area contributed by atoms with Crippen LogP contribution in [-0.2, 0) is 10.8 Å². The molecule has 0 atom stereocenters. The number of hydrogen-bond acceptors (Lipinski definition) is 5. The van der Waals surface area contributed by atoms with Crippen molar-refractivity contribution in [2.75, 3.05) is 0 Å². The summed E-state index contributed by atoms with van der Waals surface area (Å²) in [6.07, 6.45) is 7.94. The Morgan fingerprint density at radius 1 is 0.397 bits per heavy atom. The van der Waals surface area contributed by atoms with Crippen molar-refractivity contribution in [3.05, 3.63) is 200 Å². The molecule has 13 rings (SSSR count). The molecule has 0 radical (unpaired) electrons. The first kappa shape index (κ1) is 36.3. The quantitative estimate of drug-likeness (QED) is 0.0989. The van der Waals surface area contributed by atoms with Crippen LogP contribution in [0.1, 0.15) is 91.4 Å². The van der Waals surface area contributed by atoms with Crippen molar-refractivity contribution in [3.63, 3.8) is 0 Å². The summed E-state index contributed by atoms with van der Waals surface area (Å²) in [6.45, 7) is 8.66. The molecule has 0 amide bonds. The zero-order valence-electron chi connectivity index (χ0n) is 34.9. The number of allylic oxidation sites excluding steroid dienone is 6. The van der Waals surface area contributed by atoms with E-state index in [4.69, 9.17) is 0 Å². The zero-order valence-corrected chi connectivity index (χ0v) is 35.7. The van der Waals surface area contributed by atoms with Crippen molar-refractivity contribution in [3.8, 4) is 0 Å². The molecule has 4 nitrogen and oxygen atoms in total. The highest BCUT2D eigenvalue weighted by Gasteiger charge is 2.40. The van der Waals surface area contributed by atoms with E-state index in [-0.39, 0.29) is 34.3 Å². The first-order valence-corrected chi connectivity index (χ1v) is 22.2. The fraction of sp³-hybridized carbons (Fsp3) is 0.103. The van der Waals surface area contributed by atoms with Crippen LogP contribution >= 0.6 is 11.3 Å². The van der Waals surface area contributed by atoms with Crippen molar-refractivity contribution in [2.24, 2.45) is 0 Å². The number of hydrogen-bond donors (Lipinski definition) is 0. The SMILES string of the molecule is CC1(C)C(C=C2C(=O)c3cc4cc5ccccc5cc4cc3C2=O)=Cc2cc3sc4cc5c(cc4c3cc21)C(C)(C)C(C=C1C(=O)c2cc3cc4ccccc4cc3cc2C1=O)=C5. The monoisotopic (exact) mass is 828 g/mol. The van der Waals surface area contributed by atoms with Crippen LogP contribution in [0.2, 0.25) is 0 Å². The van der Waals surface area contributed by atoms with Crippen LogP contribution in [0.5, 0.6) is 0 Å². The minimum Gasteiger partial charge on any atom is -0.288 e. The second-order valence-electron chi connectivity index (χ2n) is 18.7. The minimum atomic E-state index is -0.462. The average molecular weight is 829 g/mol. The molecule has 8 aromatic carbocycles. The van der Waals surface area contributed by atoms with Gasteiger partial charge >= 0.3 is 0 Å². The fourth-order valence-corrected chi connectivity index (χ4v) is 11.9. The van der Waals surface area contributed by atoms with Crippen LogP contribution in [0.4, 0.5) is 0 Å². The highest BCUT2D eigenvalue weighted by molar-refractivity contribution is 7.25. The molecule has 5 heteroatoms. The Morgan fingerprint density at radius 2 is 0.714 bits per heavy atom. The first-order chi connectivity index (χ1) is 30.3. The lowest BCUT2D eigenvalue weighted by Gasteiger charge is -2.24. The maximum absolute atomic E-state index is 14.0. The number of benzene rings is 8. The minimum absolute atomic E-state index is 0.215. The number of carbonyl (C=O) groups excluding carboxylic acids is 4. The van der Waals surface area contributed by atoms with E-state index < -0.39 is 10.8 Å². The van der Waals surface area contributed by atoms with E-state index in [9.17, 15) is 19.2 Å². The van der Waals surface area contributed by atoms with E-state index in [0.29, 0.717) is 22.3 Å². The van der Waals surface area contributed by atoms with Gasteiger partial charge in [0.15, 0.2) is 23.1 Å². The van der Waals surface area contributed by atoms with E-state index in [1.54, 1.807) is 11.3 Å². The molecule has 4 aliphatic rings. The van der Waals surface area contributed by atoms with E-state index in [1.165, 1.54) is 0 Å². The molecule has 1 aromatic heterocycles. The van der Waals surface area contributed by atoms with E-state index in [1.807, 2.05) is 60.7 Å². The third kappa shape index (κ3) is 4.97. The summed E-state index contributed by atoms with van der Waals surface area (Å²) < 4.78 is 2.33. The maximum Gasteiger partial charge on any atom is 0.197 e. The van der Waals surface area contributed by atoms with Crippen molar-refractivity contribution >= 4 is 110 Å². The Labute approximate surface area is 366 Å². The van der Waals surface area contributed by atoms with Gasteiger partial charge < -0.3 is 0 Å². The highest BCUT2D eigenvalue weighted by Crippen LogP contribution is 2.50. The van der Waals surface area contributed by atoms with Gasteiger partial charge in [0, 0.05) is 53.3 Å². The Hall–Kier alpha value is -7.34. The summed E-state index contributed by atoms with van der Waals surface area (Å²) in [5.74, 6) is -0.895. The van der Waals surface area contributed by atoms with E-state index in [0.717, 1.165) is 96.7 Å². The normalized spacial score (nSPS) is 17.1. The number of carbonyl (C=O) groups is 4. The van der Waals surface area contributed by atoms with Gasteiger partial charge in [-0.1, -0.05) is 88.4 Å². The van der Waals surface area contributed by atoms with Gasteiger partial charge in [-0.05, 0) is 161 Å². The van der Waals surface area contributed by atoms with Crippen LogP contribution in [0, 0.1) is 0 Å². The molecular weight excluding hydrogens is 793 g/mol. The predicted molar refractivity (Wildman–Crippen MR) is 258 cm³/mol. The lowest BCUT2D eigenvalue weighted by atomic mass is 9.79. The number of fused-ring (bicyclic) bond motifs is 11. The van der Waals surface area contributed by atoms with Crippen LogP contribution < -0.4 is 0 Å². The number of thiophene rings is 1. The Balaban J connectivity index is 0.838. The van der Waals surface area contributed by atoms with Crippen LogP contribution in [0.3, 0.4) is 0 Å². The Bertz CT molecular complexity index is 3510. The predicted octanol–water partition coefficient (Wildman–Crippen LogP) is 14.0. The van der Waals surface area contributed by atoms with Gasteiger partial charge in [0.25, 0.3) is 0 Å². The molecule has 0 N–H and O–H groups in total. The molecular formula is C58H36O4S. The topological polar surface area (TPSA) is 68.3 Å². The van der Waals surface area contributed by atoms with Gasteiger partial charge in [0.2, 0.25) is 0 Å². The largest absolute Gasteiger partial charge is 0.288 e. The van der Waals surface area contributed by atoms with Gasteiger partial charge in [-0.15, -0.1) is 11.3 Å². The molecule has 1 heterocycles. The van der Waals surface area contributed by atoms with Crippen molar-refractivity contribution in [1.29, 1.82) is 0 Å². The molecule has 63 heavy (non-hydrogen) atoms. The van der Waals surface area contributed by atoms with Gasteiger partial charge in [0.05, 0.1) is 11.1 Å². The standard InChI is InChI=1S/C58H36O4S/c1-57(2)39(25-47-53(59)43-19-33-13-29-9-5-6-10-30(29)14-34(33)20-44(43)54(47)60)17-37-23-51-41(27-49(37)57)42-28-50-38(24-52(42)63-51)18-40(58(50,3)4)26-48-55(61)45-21-35-15-31-11-7-8-12-32(31)16-36(35)22-46(45)56(48)62/h5-28H,1-4H3. The lowest BCUT2D eigenvalue weighted by Crippen LogP contribution is -2.17. The van der Waals surface area contributed by atoms with Crippen molar-refractivity contribution < 1.29 is 19.2 Å². The molecule has 0 fully saturated rings. The third-order valence-corrected chi connectivity index (χ3v) is 15.6. The summed E-state index contributed by atoms with van der Waals surface area (Å²) in [6, 6.07) is 41.2. The summed E-state index contributed by atoms with van der Waals surface area (Å²) in [5.41, 5.74) is 7.72. The zero-order chi connectivity index (χ0) is 42.8. The maximum atomic E-state index is 14.0. The van der Waals surface area contributed by atoms with E-state index in [2.05, 4.69) is 113 Å². The number of Topliss-reactive ketones (excluding diaryl/α,β-unsaturated/α-hetero) is 4. The molecule has 4 aliphatic carbocycles. The fourth-order valence-electron chi connectivity index (χ4n) is 10.8. The molecule has 298 valence electrons. The molecule has 9 aromatic rings. The smallest absolute Gasteiger partial charge is 0.197 e. The molecule has 0 saturated heterocycles. The van der Waals surface area contributed by atoms with Crippen LogP contribution in [0.15, 0.2) is 156 Å². The molecule has 0 spiro atoms. The second-order valence-corrected chi connectivity index (χ2v) is 19.8. The van der Waals surface area contributed by atoms with Gasteiger partial charge in [-0.2, -0.15) is 0 Å². The summed E-state index contributed by atoms with van der Waals surface area (Å²) in [5, 5.41) is 10.5. The van der Waals surface area contributed by atoms with E-state index >= 15 is 0 Å². The molecule has 0 unspecified atom stereocenters. The van der Waals surface area contributed by atoms with Crippen molar-refractivity contribution in [2.45, 2.75) is 38.5 Å². The Kier molecular flexibility index (Phi) is 7.02. The van der Waals surface area contributed by atoms with Gasteiger partial charge in [0.1, 0.15) is 0 Å².